The van der Waals surface area contributed by atoms with E-state index in [0.29, 0.717) is 41.2 Å². The molecule has 2 rings (SSSR count). The Morgan fingerprint density at radius 2 is 2.08 bits per heavy atom. The molecule has 0 N–H and O–H groups in total. The Morgan fingerprint density at radius 1 is 1.29 bits per heavy atom. The average Bonchev–Trinajstić information content (AvgIpc) is 2.57. The number of carbonyl (C=O) groups excluding carboxylic acids is 2. The van der Waals surface area contributed by atoms with Gasteiger partial charge in [-0.3, -0.25) is 4.79 Å². The summed E-state index contributed by atoms with van der Waals surface area (Å²) >= 11 is 3.33. The van der Waals surface area contributed by atoms with Crippen molar-refractivity contribution in [1.82, 2.24) is 0 Å². The third-order valence-electron chi connectivity index (χ3n) is 3.21. The second kappa shape index (κ2) is 8.45. The van der Waals surface area contributed by atoms with Crippen LogP contribution in [-0.4, -0.2) is 18.9 Å². The molecule has 124 valence electrons. The monoisotopic (exact) mass is 388 g/mol. The molecule has 0 aromatic heterocycles. The van der Waals surface area contributed by atoms with Crippen LogP contribution >= 0.6 is 15.9 Å². The van der Waals surface area contributed by atoms with Gasteiger partial charge in [0.1, 0.15) is 6.29 Å². The number of halogens is 1. The van der Waals surface area contributed by atoms with Gasteiger partial charge in [-0.15, -0.1) is 6.58 Å². The van der Waals surface area contributed by atoms with Crippen LogP contribution in [-0.2, 0) is 6.42 Å². The van der Waals surface area contributed by atoms with E-state index in [-0.39, 0.29) is 0 Å². The molecule has 2 aromatic rings. The van der Waals surface area contributed by atoms with Crippen molar-refractivity contribution in [2.75, 3.05) is 6.61 Å². The molecule has 0 amide bonds. The fourth-order valence-electron chi connectivity index (χ4n) is 2.20. The minimum atomic E-state index is -0.499. The first-order valence-electron chi connectivity index (χ1n) is 7.42. The van der Waals surface area contributed by atoms with Gasteiger partial charge in [-0.25, -0.2) is 4.79 Å². The van der Waals surface area contributed by atoms with Gasteiger partial charge in [0.25, 0.3) is 0 Å². The third-order valence-corrected chi connectivity index (χ3v) is 3.70. The quantitative estimate of drug-likeness (QED) is 0.300. The van der Waals surface area contributed by atoms with Crippen molar-refractivity contribution in [3.63, 3.8) is 0 Å². The zero-order valence-corrected chi connectivity index (χ0v) is 14.8. The van der Waals surface area contributed by atoms with Crippen LogP contribution in [0.5, 0.6) is 11.5 Å². The molecule has 4 nitrogen and oxygen atoms in total. The molecule has 2 aromatic carbocycles. The molecule has 0 saturated carbocycles. The van der Waals surface area contributed by atoms with Crippen molar-refractivity contribution in [3.05, 3.63) is 70.2 Å². The Bertz CT molecular complexity index is 768. The van der Waals surface area contributed by atoms with E-state index in [4.69, 9.17) is 9.47 Å². The van der Waals surface area contributed by atoms with Crippen LogP contribution < -0.4 is 9.47 Å². The lowest BCUT2D eigenvalue weighted by Crippen LogP contribution is -2.11. The maximum atomic E-state index is 12.4. The van der Waals surface area contributed by atoms with Crippen molar-refractivity contribution in [2.24, 2.45) is 0 Å². The van der Waals surface area contributed by atoms with Crippen molar-refractivity contribution in [2.45, 2.75) is 13.3 Å². The molecular formula is C19H17BrO4. The Morgan fingerprint density at radius 3 is 2.71 bits per heavy atom. The SMILES string of the molecule is C=CCc1cc(C=O)cc(OCC)c1OC(=O)c1cccc(Br)c1. The number of aldehydes is 1. The first kappa shape index (κ1) is 17.9. The number of carbonyl (C=O) groups is 2. The van der Waals surface area contributed by atoms with Gasteiger partial charge in [-0.05, 0) is 43.7 Å². The number of hydrogen-bond acceptors (Lipinski definition) is 4. The summed E-state index contributed by atoms with van der Waals surface area (Å²) in [7, 11) is 0. The van der Waals surface area contributed by atoms with Gasteiger partial charge in [0.2, 0.25) is 0 Å². The molecule has 5 heteroatoms. The van der Waals surface area contributed by atoms with E-state index in [1.54, 1.807) is 36.4 Å². The highest BCUT2D eigenvalue weighted by Gasteiger charge is 2.18. The molecule has 24 heavy (non-hydrogen) atoms. The third kappa shape index (κ3) is 4.32. The topological polar surface area (TPSA) is 52.6 Å². The first-order chi connectivity index (χ1) is 11.6. The Kier molecular flexibility index (Phi) is 6.32. The standard InChI is InChI=1S/C19H17BrO4/c1-3-6-14-9-13(12-21)10-17(23-4-2)18(14)24-19(22)15-7-5-8-16(20)11-15/h3,5,7-12H,1,4,6H2,2H3. The number of hydrogen-bond donors (Lipinski definition) is 0. The summed E-state index contributed by atoms with van der Waals surface area (Å²) in [6.07, 6.45) is 2.86. The lowest BCUT2D eigenvalue weighted by molar-refractivity contribution is 0.0726. The normalized spacial score (nSPS) is 10.1. The first-order valence-corrected chi connectivity index (χ1v) is 8.21. The van der Waals surface area contributed by atoms with Gasteiger partial charge >= 0.3 is 5.97 Å². The van der Waals surface area contributed by atoms with Crippen LogP contribution in [0.3, 0.4) is 0 Å². The number of ether oxygens (including phenoxy) is 2. The lowest BCUT2D eigenvalue weighted by atomic mass is 10.1. The summed E-state index contributed by atoms with van der Waals surface area (Å²) in [6, 6.07) is 10.2. The van der Waals surface area contributed by atoms with Crippen LogP contribution in [0.1, 0.15) is 33.2 Å². The van der Waals surface area contributed by atoms with E-state index < -0.39 is 5.97 Å². The van der Waals surface area contributed by atoms with Crippen LogP contribution in [0.15, 0.2) is 53.5 Å². The maximum Gasteiger partial charge on any atom is 0.343 e. The summed E-state index contributed by atoms with van der Waals surface area (Å²) in [5.41, 5.74) is 1.54. The number of esters is 1. The van der Waals surface area contributed by atoms with Gasteiger partial charge < -0.3 is 9.47 Å². The van der Waals surface area contributed by atoms with Gasteiger partial charge in [-0.1, -0.05) is 28.1 Å². The smallest absolute Gasteiger partial charge is 0.343 e. The minimum Gasteiger partial charge on any atom is -0.490 e. The molecule has 0 heterocycles. The molecule has 0 bridgehead atoms. The Labute approximate surface area is 149 Å². The largest absolute Gasteiger partial charge is 0.490 e. The van der Waals surface area contributed by atoms with Crippen molar-refractivity contribution in [1.29, 1.82) is 0 Å². The Hall–Kier alpha value is -2.40. The van der Waals surface area contributed by atoms with Gasteiger partial charge in [-0.2, -0.15) is 0 Å². The number of rotatable bonds is 7. The fourth-order valence-corrected chi connectivity index (χ4v) is 2.60. The highest BCUT2D eigenvalue weighted by Crippen LogP contribution is 2.34. The van der Waals surface area contributed by atoms with Crippen LogP contribution in [0, 0.1) is 0 Å². The van der Waals surface area contributed by atoms with E-state index >= 15 is 0 Å². The van der Waals surface area contributed by atoms with Gasteiger partial charge in [0.15, 0.2) is 11.5 Å². The summed E-state index contributed by atoms with van der Waals surface area (Å²) in [6.45, 7) is 5.91. The van der Waals surface area contributed by atoms with E-state index in [1.165, 1.54) is 0 Å². The van der Waals surface area contributed by atoms with Gasteiger partial charge in [0, 0.05) is 15.6 Å². The van der Waals surface area contributed by atoms with Crippen molar-refractivity contribution in [3.8, 4) is 11.5 Å². The molecule has 0 fully saturated rings. The predicted octanol–water partition coefficient (Wildman–Crippen LogP) is 4.61. The van der Waals surface area contributed by atoms with Crippen LogP contribution in [0.2, 0.25) is 0 Å². The zero-order chi connectivity index (χ0) is 17.5. The molecule has 0 unspecified atom stereocenters. The van der Waals surface area contributed by atoms with Crippen molar-refractivity contribution >= 4 is 28.2 Å². The average molecular weight is 389 g/mol. The minimum absolute atomic E-state index is 0.312. The highest BCUT2D eigenvalue weighted by molar-refractivity contribution is 9.10. The van der Waals surface area contributed by atoms with Crippen LogP contribution in [0.4, 0.5) is 0 Å². The van der Waals surface area contributed by atoms with E-state index in [1.807, 2.05) is 13.0 Å². The summed E-state index contributed by atoms with van der Waals surface area (Å²) in [4.78, 5) is 23.6. The summed E-state index contributed by atoms with van der Waals surface area (Å²) < 4.78 is 11.9. The molecule has 0 radical (unpaired) electrons. The molecule has 0 spiro atoms. The van der Waals surface area contributed by atoms with E-state index in [9.17, 15) is 9.59 Å². The number of allylic oxidation sites excluding steroid dienone is 1. The summed E-state index contributed by atoms with van der Waals surface area (Å²) in [5.74, 6) is 0.177. The molecule has 0 saturated heterocycles. The fraction of sp³-hybridized carbons (Fsp3) is 0.158. The van der Waals surface area contributed by atoms with E-state index in [0.717, 1.165) is 10.8 Å². The lowest BCUT2D eigenvalue weighted by Gasteiger charge is -2.15. The maximum absolute atomic E-state index is 12.4. The Balaban J connectivity index is 2.44. The van der Waals surface area contributed by atoms with E-state index in [2.05, 4.69) is 22.5 Å². The molecule has 0 aliphatic rings. The van der Waals surface area contributed by atoms with Gasteiger partial charge in [0.05, 0.1) is 12.2 Å². The highest BCUT2D eigenvalue weighted by atomic mass is 79.9. The molecule has 0 atom stereocenters. The summed E-state index contributed by atoms with van der Waals surface area (Å²) in [5, 5.41) is 0. The predicted molar refractivity (Wildman–Crippen MR) is 96.0 cm³/mol. The van der Waals surface area contributed by atoms with Crippen LogP contribution in [0.25, 0.3) is 0 Å². The zero-order valence-electron chi connectivity index (χ0n) is 13.3. The van der Waals surface area contributed by atoms with Crippen molar-refractivity contribution < 1.29 is 19.1 Å². The second-order valence-corrected chi connectivity index (χ2v) is 5.87. The second-order valence-electron chi connectivity index (χ2n) is 4.95. The molecular weight excluding hydrogens is 372 g/mol. The molecule has 0 aliphatic heterocycles. The number of benzene rings is 2. The molecule has 0 aliphatic carbocycles.